The first-order chi connectivity index (χ1) is 8.25. The zero-order chi connectivity index (χ0) is 11.8. The van der Waals surface area contributed by atoms with Crippen LogP contribution >= 0.6 is 11.5 Å². The Morgan fingerprint density at radius 3 is 3.06 bits per heavy atom. The number of carboxylic acids is 1. The number of aromatic carboxylic acids is 1. The number of nitrogens with one attached hydrogen (secondary N) is 1. The molecule has 84 valence electrons. The molecule has 7 nitrogen and oxygen atoms in total. The molecule has 0 amide bonds. The van der Waals surface area contributed by atoms with Gasteiger partial charge >= 0.3 is 5.97 Å². The van der Waals surface area contributed by atoms with Gasteiger partial charge in [-0.2, -0.15) is 0 Å². The Morgan fingerprint density at radius 1 is 1.47 bits per heavy atom. The van der Waals surface area contributed by atoms with Gasteiger partial charge < -0.3 is 10.1 Å². The molecular weight excluding hydrogens is 242 g/mol. The van der Waals surface area contributed by atoms with Crippen LogP contribution in [0.25, 0.3) is 22.7 Å². The normalized spacial score (nSPS) is 10.8. The van der Waals surface area contributed by atoms with Crippen molar-refractivity contribution >= 4 is 28.7 Å². The third-order valence-corrected chi connectivity index (χ3v) is 2.73. The van der Waals surface area contributed by atoms with Crippen molar-refractivity contribution in [3.8, 4) is 11.5 Å². The van der Waals surface area contributed by atoms with E-state index in [-0.39, 0.29) is 5.56 Å². The van der Waals surface area contributed by atoms with Gasteiger partial charge in [0, 0.05) is 11.6 Å². The lowest BCUT2D eigenvalue weighted by atomic mass is 10.2. The van der Waals surface area contributed by atoms with E-state index >= 15 is 0 Å². The number of imidazole rings is 1. The average molecular weight is 247 g/mol. The summed E-state index contributed by atoms with van der Waals surface area (Å²) in [6.45, 7) is 0. The largest absolute Gasteiger partial charge is 0.478 e. The number of H-pyrrole nitrogens is 1. The molecule has 0 radical (unpaired) electrons. The highest BCUT2D eigenvalue weighted by Gasteiger charge is 2.14. The molecule has 3 aromatic rings. The lowest BCUT2D eigenvalue weighted by Crippen LogP contribution is -1.97. The minimum Gasteiger partial charge on any atom is -0.478 e. The van der Waals surface area contributed by atoms with Crippen LogP contribution in [0.5, 0.6) is 0 Å². The summed E-state index contributed by atoms with van der Waals surface area (Å²) in [7, 11) is 0. The monoisotopic (exact) mass is 247 g/mol. The number of aromatic amines is 1. The highest BCUT2D eigenvalue weighted by atomic mass is 32.1. The van der Waals surface area contributed by atoms with Crippen molar-refractivity contribution < 1.29 is 9.90 Å². The Labute approximate surface area is 98.3 Å². The summed E-state index contributed by atoms with van der Waals surface area (Å²) in [5.74, 6) is -0.557. The quantitative estimate of drug-likeness (QED) is 0.704. The maximum absolute atomic E-state index is 11.0. The molecule has 0 saturated carbocycles. The van der Waals surface area contributed by atoms with Gasteiger partial charge in [-0.25, -0.2) is 14.8 Å². The number of fused-ring (bicyclic) bond motifs is 1. The van der Waals surface area contributed by atoms with E-state index in [4.69, 9.17) is 5.11 Å². The van der Waals surface area contributed by atoms with Crippen LogP contribution in [-0.2, 0) is 0 Å². The number of rotatable bonds is 2. The predicted molar refractivity (Wildman–Crippen MR) is 59.8 cm³/mol. The minimum absolute atomic E-state index is 0.136. The zero-order valence-corrected chi connectivity index (χ0v) is 9.10. The number of nitrogens with zero attached hydrogens (tertiary/aromatic N) is 4. The van der Waals surface area contributed by atoms with E-state index in [0.29, 0.717) is 22.7 Å². The molecule has 0 unspecified atom stereocenters. The molecule has 0 aliphatic rings. The van der Waals surface area contributed by atoms with Crippen LogP contribution in [0.2, 0.25) is 0 Å². The van der Waals surface area contributed by atoms with Gasteiger partial charge in [0.05, 0.1) is 11.1 Å². The minimum atomic E-state index is -1.02. The van der Waals surface area contributed by atoms with Crippen LogP contribution in [0.3, 0.4) is 0 Å². The van der Waals surface area contributed by atoms with Crippen molar-refractivity contribution in [2.45, 2.75) is 0 Å². The fourth-order valence-electron chi connectivity index (χ4n) is 1.48. The standard InChI is InChI=1S/C9H5N5O2S/c15-9(16)4-1-2-10-8-6(4)11-7(12-8)5-3-17-14-13-5/h1-3H,(H,15,16)(H,10,11,12). The second-order valence-electron chi connectivity index (χ2n) is 3.24. The van der Waals surface area contributed by atoms with Gasteiger partial charge in [-0.15, -0.1) is 5.10 Å². The fraction of sp³-hybridized carbons (Fsp3) is 0. The third kappa shape index (κ3) is 1.54. The molecular formula is C9H5N5O2S. The molecule has 0 bridgehead atoms. The van der Waals surface area contributed by atoms with Crippen LogP contribution in [0.4, 0.5) is 0 Å². The molecule has 3 aromatic heterocycles. The summed E-state index contributed by atoms with van der Waals surface area (Å²) in [4.78, 5) is 22.1. The van der Waals surface area contributed by atoms with Crippen LogP contribution in [0.1, 0.15) is 10.4 Å². The Hall–Kier alpha value is -2.35. The number of hydrogen-bond donors (Lipinski definition) is 2. The molecule has 0 aliphatic heterocycles. The first-order valence-electron chi connectivity index (χ1n) is 4.61. The number of pyridine rings is 1. The van der Waals surface area contributed by atoms with Crippen molar-refractivity contribution in [1.29, 1.82) is 0 Å². The van der Waals surface area contributed by atoms with E-state index in [9.17, 15) is 4.79 Å². The number of carboxylic acid groups (broad SMARTS) is 1. The first-order valence-corrected chi connectivity index (χ1v) is 5.45. The van der Waals surface area contributed by atoms with Gasteiger partial charge in [0.15, 0.2) is 11.5 Å². The Kier molecular flexibility index (Phi) is 2.08. The molecule has 0 fully saturated rings. The lowest BCUT2D eigenvalue weighted by molar-refractivity contribution is 0.0699. The highest BCUT2D eigenvalue weighted by molar-refractivity contribution is 7.03. The van der Waals surface area contributed by atoms with Gasteiger partial charge in [0.1, 0.15) is 5.69 Å². The molecule has 0 saturated heterocycles. The van der Waals surface area contributed by atoms with Gasteiger partial charge in [-0.05, 0) is 17.6 Å². The van der Waals surface area contributed by atoms with Crippen molar-refractivity contribution in [1.82, 2.24) is 24.5 Å². The first kappa shape index (κ1) is 9.85. The predicted octanol–water partition coefficient (Wildman–Crippen LogP) is 1.17. The van der Waals surface area contributed by atoms with E-state index in [1.807, 2.05) is 0 Å². The van der Waals surface area contributed by atoms with Crippen molar-refractivity contribution in [3.05, 3.63) is 23.2 Å². The van der Waals surface area contributed by atoms with Crippen LogP contribution in [0, 0.1) is 0 Å². The van der Waals surface area contributed by atoms with Crippen molar-refractivity contribution in [2.75, 3.05) is 0 Å². The SMILES string of the molecule is O=C(O)c1ccnc2nc(-c3csnn3)[nH]c12. The van der Waals surface area contributed by atoms with Gasteiger partial charge in [-0.3, -0.25) is 0 Å². The topological polar surface area (TPSA) is 105 Å². The van der Waals surface area contributed by atoms with Crippen LogP contribution < -0.4 is 0 Å². The summed E-state index contributed by atoms with van der Waals surface area (Å²) in [5, 5.41) is 14.6. The van der Waals surface area contributed by atoms with Crippen LogP contribution in [0.15, 0.2) is 17.6 Å². The molecule has 3 heterocycles. The second-order valence-corrected chi connectivity index (χ2v) is 3.85. The van der Waals surface area contributed by atoms with Crippen LogP contribution in [-0.4, -0.2) is 35.6 Å². The summed E-state index contributed by atoms with van der Waals surface area (Å²) in [5.41, 5.74) is 1.46. The van der Waals surface area contributed by atoms with E-state index in [1.165, 1.54) is 23.8 Å². The van der Waals surface area contributed by atoms with Crippen molar-refractivity contribution in [2.24, 2.45) is 0 Å². The third-order valence-electron chi connectivity index (χ3n) is 2.23. The molecule has 17 heavy (non-hydrogen) atoms. The number of aromatic nitrogens is 5. The summed E-state index contributed by atoms with van der Waals surface area (Å²) < 4.78 is 3.72. The molecule has 3 rings (SSSR count). The van der Waals surface area contributed by atoms with E-state index in [2.05, 4.69) is 24.5 Å². The van der Waals surface area contributed by atoms with E-state index in [0.717, 1.165) is 0 Å². The average Bonchev–Trinajstić information content (AvgIpc) is 2.96. The maximum Gasteiger partial charge on any atom is 0.338 e. The lowest BCUT2D eigenvalue weighted by Gasteiger charge is -1.93. The van der Waals surface area contributed by atoms with E-state index < -0.39 is 5.97 Å². The van der Waals surface area contributed by atoms with Crippen molar-refractivity contribution in [3.63, 3.8) is 0 Å². The number of hydrogen-bond acceptors (Lipinski definition) is 6. The molecule has 0 spiro atoms. The van der Waals surface area contributed by atoms with Gasteiger partial charge in [-0.1, -0.05) is 4.49 Å². The molecule has 0 aliphatic carbocycles. The van der Waals surface area contributed by atoms with E-state index in [1.54, 1.807) is 5.38 Å². The smallest absolute Gasteiger partial charge is 0.338 e. The Morgan fingerprint density at radius 2 is 2.35 bits per heavy atom. The zero-order valence-electron chi connectivity index (χ0n) is 8.28. The maximum atomic E-state index is 11.0. The molecule has 8 heteroatoms. The highest BCUT2D eigenvalue weighted by Crippen LogP contribution is 2.20. The fourth-order valence-corrected chi connectivity index (χ4v) is 1.92. The molecule has 0 atom stereocenters. The molecule has 0 aromatic carbocycles. The number of carbonyl (C=O) groups is 1. The summed E-state index contributed by atoms with van der Waals surface area (Å²) in [6.07, 6.45) is 1.41. The second kappa shape index (κ2) is 3.59. The summed E-state index contributed by atoms with van der Waals surface area (Å²) in [6, 6.07) is 1.42. The Balaban J connectivity index is 2.26. The van der Waals surface area contributed by atoms with Gasteiger partial charge in [0.25, 0.3) is 0 Å². The Bertz CT molecular complexity index is 691. The molecule has 2 N–H and O–H groups in total. The van der Waals surface area contributed by atoms with Gasteiger partial charge in [0.2, 0.25) is 0 Å². The summed E-state index contributed by atoms with van der Waals surface area (Å²) >= 11 is 1.20.